The normalized spacial score (nSPS) is 10.3. The maximum atomic E-state index is 12.1. The maximum Gasteiger partial charge on any atom is 0.255 e. The van der Waals surface area contributed by atoms with Crippen LogP contribution < -0.4 is 5.32 Å². The average molecular weight is 406 g/mol. The molecule has 0 aliphatic heterocycles. The molecule has 0 aromatic heterocycles. The lowest BCUT2D eigenvalue weighted by Gasteiger charge is -2.09. The van der Waals surface area contributed by atoms with Gasteiger partial charge in [-0.3, -0.25) is 4.79 Å². The molecular weight excluding hydrogens is 396 g/mol. The van der Waals surface area contributed by atoms with Gasteiger partial charge in [-0.15, -0.1) is 0 Å². The Morgan fingerprint density at radius 1 is 1.16 bits per heavy atom. The SMILES string of the molecule is Cc1ccc(Cl)cc1NC(=O)c1ccc(I)c(Cl)c1. The molecule has 0 bridgehead atoms. The van der Waals surface area contributed by atoms with Crippen LogP contribution in [0.3, 0.4) is 0 Å². The molecule has 0 saturated carbocycles. The monoisotopic (exact) mass is 405 g/mol. The van der Waals surface area contributed by atoms with Crippen molar-refractivity contribution in [3.63, 3.8) is 0 Å². The molecule has 0 unspecified atom stereocenters. The molecule has 98 valence electrons. The third-order valence-corrected chi connectivity index (χ3v) is 4.44. The number of amides is 1. The summed E-state index contributed by atoms with van der Waals surface area (Å²) in [6, 6.07) is 10.6. The summed E-state index contributed by atoms with van der Waals surface area (Å²) in [5.41, 5.74) is 2.17. The third kappa shape index (κ3) is 3.61. The molecule has 0 aliphatic carbocycles. The Bertz CT molecular complexity index is 643. The molecular formula is C14H10Cl2INO. The summed E-state index contributed by atoms with van der Waals surface area (Å²) in [5.74, 6) is -0.205. The van der Waals surface area contributed by atoms with E-state index < -0.39 is 0 Å². The van der Waals surface area contributed by atoms with Crippen LogP contribution in [0.4, 0.5) is 5.69 Å². The third-order valence-electron chi connectivity index (χ3n) is 2.63. The Morgan fingerprint density at radius 2 is 1.89 bits per heavy atom. The highest BCUT2D eigenvalue weighted by Crippen LogP contribution is 2.23. The van der Waals surface area contributed by atoms with Gasteiger partial charge in [-0.05, 0) is 65.4 Å². The number of rotatable bonds is 2. The molecule has 0 aliphatic rings. The Kier molecular flexibility index (Phi) is 4.71. The summed E-state index contributed by atoms with van der Waals surface area (Å²) in [5, 5.41) is 3.98. The van der Waals surface area contributed by atoms with E-state index in [0.717, 1.165) is 9.13 Å². The molecule has 0 fully saturated rings. The van der Waals surface area contributed by atoms with Crippen LogP contribution in [-0.2, 0) is 0 Å². The Hall–Kier alpha value is -0.780. The molecule has 2 nitrogen and oxygen atoms in total. The number of carbonyl (C=O) groups is 1. The number of anilines is 1. The first-order chi connectivity index (χ1) is 8.97. The average Bonchev–Trinajstić information content (AvgIpc) is 2.37. The molecule has 19 heavy (non-hydrogen) atoms. The summed E-state index contributed by atoms with van der Waals surface area (Å²) in [4.78, 5) is 12.1. The van der Waals surface area contributed by atoms with E-state index >= 15 is 0 Å². The quantitative estimate of drug-likeness (QED) is 0.687. The minimum Gasteiger partial charge on any atom is -0.322 e. The zero-order chi connectivity index (χ0) is 14.0. The van der Waals surface area contributed by atoms with E-state index in [2.05, 4.69) is 27.9 Å². The summed E-state index contributed by atoms with van der Waals surface area (Å²) in [7, 11) is 0. The van der Waals surface area contributed by atoms with Crippen molar-refractivity contribution in [2.45, 2.75) is 6.92 Å². The van der Waals surface area contributed by atoms with E-state index in [1.165, 1.54) is 0 Å². The molecule has 2 aromatic carbocycles. The highest BCUT2D eigenvalue weighted by atomic mass is 127. The molecule has 5 heteroatoms. The van der Waals surface area contributed by atoms with Gasteiger partial charge >= 0.3 is 0 Å². The topological polar surface area (TPSA) is 29.1 Å². The van der Waals surface area contributed by atoms with Gasteiger partial charge in [-0.1, -0.05) is 29.3 Å². The van der Waals surface area contributed by atoms with Crippen molar-refractivity contribution in [1.29, 1.82) is 0 Å². The molecule has 2 rings (SSSR count). The van der Waals surface area contributed by atoms with E-state index in [4.69, 9.17) is 23.2 Å². The van der Waals surface area contributed by atoms with E-state index in [0.29, 0.717) is 21.3 Å². The fourth-order valence-electron chi connectivity index (χ4n) is 1.56. The predicted molar refractivity (Wildman–Crippen MR) is 88.3 cm³/mol. The molecule has 1 N–H and O–H groups in total. The predicted octanol–water partition coefficient (Wildman–Crippen LogP) is 5.16. The summed E-state index contributed by atoms with van der Waals surface area (Å²) >= 11 is 14.0. The fraction of sp³-hybridized carbons (Fsp3) is 0.0714. The largest absolute Gasteiger partial charge is 0.322 e. The zero-order valence-electron chi connectivity index (χ0n) is 10.0. The van der Waals surface area contributed by atoms with Crippen LogP contribution in [0.1, 0.15) is 15.9 Å². The van der Waals surface area contributed by atoms with Gasteiger partial charge < -0.3 is 5.32 Å². The lowest BCUT2D eigenvalue weighted by molar-refractivity contribution is 0.102. The van der Waals surface area contributed by atoms with Gasteiger partial charge in [0, 0.05) is 19.8 Å². The van der Waals surface area contributed by atoms with E-state index in [-0.39, 0.29) is 5.91 Å². The van der Waals surface area contributed by atoms with Crippen molar-refractivity contribution < 1.29 is 4.79 Å². The van der Waals surface area contributed by atoms with Crippen molar-refractivity contribution in [1.82, 2.24) is 0 Å². The van der Waals surface area contributed by atoms with Gasteiger partial charge in [0.25, 0.3) is 5.91 Å². The number of nitrogens with one attached hydrogen (secondary N) is 1. The van der Waals surface area contributed by atoms with Crippen molar-refractivity contribution in [3.05, 3.63) is 61.1 Å². The second-order valence-corrected chi connectivity index (χ2v) is 6.05. The van der Waals surface area contributed by atoms with Crippen LogP contribution >= 0.6 is 45.8 Å². The molecule has 0 saturated heterocycles. The Labute approximate surface area is 135 Å². The van der Waals surface area contributed by atoms with Crippen LogP contribution in [0.15, 0.2) is 36.4 Å². The molecule has 0 radical (unpaired) electrons. The van der Waals surface area contributed by atoms with Crippen molar-refractivity contribution in [2.75, 3.05) is 5.32 Å². The number of carbonyl (C=O) groups excluding carboxylic acids is 1. The van der Waals surface area contributed by atoms with E-state index in [9.17, 15) is 4.79 Å². The van der Waals surface area contributed by atoms with Crippen LogP contribution in [0.2, 0.25) is 10.0 Å². The molecule has 1 amide bonds. The number of hydrogen-bond acceptors (Lipinski definition) is 1. The first-order valence-corrected chi connectivity index (χ1v) is 7.33. The highest BCUT2D eigenvalue weighted by molar-refractivity contribution is 14.1. The second-order valence-electron chi connectivity index (χ2n) is 4.04. The lowest BCUT2D eigenvalue weighted by Crippen LogP contribution is -2.12. The standard InChI is InChI=1S/C14H10Cl2INO/c1-8-2-4-10(15)7-13(8)18-14(19)9-3-5-12(17)11(16)6-9/h2-7H,1H3,(H,18,19). The van der Waals surface area contributed by atoms with Crippen LogP contribution in [0, 0.1) is 10.5 Å². The van der Waals surface area contributed by atoms with Gasteiger partial charge in [-0.25, -0.2) is 0 Å². The Morgan fingerprint density at radius 3 is 2.58 bits per heavy atom. The van der Waals surface area contributed by atoms with E-state index in [1.807, 2.05) is 19.1 Å². The molecule has 0 spiro atoms. The van der Waals surface area contributed by atoms with Gasteiger partial charge in [-0.2, -0.15) is 0 Å². The van der Waals surface area contributed by atoms with Crippen LogP contribution in [0.25, 0.3) is 0 Å². The second kappa shape index (κ2) is 6.11. The first-order valence-electron chi connectivity index (χ1n) is 5.50. The highest BCUT2D eigenvalue weighted by Gasteiger charge is 2.09. The van der Waals surface area contributed by atoms with Crippen LogP contribution in [-0.4, -0.2) is 5.91 Å². The van der Waals surface area contributed by atoms with Gasteiger partial charge in [0.1, 0.15) is 0 Å². The van der Waals surface area contributed by atoms with Gasteiger partial charge in [0.15, 0.2) is 0 Å². The summed E-state index contributed by atoms with van der Waals surface area (Å²) < 4.78 is 0.912. The van der Waals surface area contributed by atoms with Crippen LogP contribution in [0.5, 0.6) is 0 Å². The maximum absolute atomic E-state index is 12.1. The van der Waals surface area contributed by atoms with Gasteiger partial charge in [0.2, 0.25) is 0 Å². The number of aryl methyl sites for hydroxylation is 1. The summed E-state index contributed by atoms with van der Waals surface area (Å²) in [6.45, 7) is 1.91. The van der Waals surface area contributed by atoms with Crippen molar-refractivity contribution in [3.8, 4) is 0 Å². The first kappa shape index (κ1) is 14.6. The number of benzene rings is 2. The van der Waals surface area contributed by atoms with E-state index in [1.54, 1.807) is 24.3 Å². The Balaban J connectivity index is 2.25. The number of hydrogen-bond donors (Lipinski definition) is 1. The summed E-state index contributed by atoms with van der Waals surface area (Å²) in [6.07, 6.45) is 0. The molecule has 0 atom stereocenters. The van der Waals surface area contributed by atoms with Crippen molar-refractivity contribution in [2.24, 2.45) is 0 Å². The fourth-order valence-corrected chi connectivity index (χ4v) is 2.25. The van der Waals surface area contributed by atoms with Gasteiger partial charge in [0.05, 0.1) is 5.02 Å². The molecule has 0 heterocycles. The minimum absolute atomic E-state index is 0.205. The number of halogens is 3. The smallest absolute Gasteiger partial charge is 0.255 e. The van der Waals surface area contributed by atoms with Crippen molar-refractivity contribution >= 4 is 57.4 Å². The minimum atomic E-state index is -0.205. The molecule has 2 aromatic rings. The lowest BCUT2D eigenvalue weighted by atomic mass is 10.1. The zero-order valence-corrected chi connectivity index (χ0v) is 13.7.